The molecule has 0 fully saturated rings. The predicted octanol–water partition coefficient (Wildman–Crippen LogP) is 3.17. The molecule has 0 aliphatic carbocycles. The monoisotopic (exact) mass is 257 g/mol. The van der Waals surface area contributed by atoms with Gasteiger partial charge in [-0.25, -0.2) is 0 Å². The molecule has 1 aliphatic heterocycles. The summed E-state index contributed by atoms with van der Waals surface area (Å²) in [5.41, 5.74) is 7.10. The molecular formula is C12H13Cl2NO. The fourth-order valence-electron chi connectivity index (χ4n) is 1.72. The van der Waals surface area contributed by atoms with E-state index in [-0.39, 0.29) is 6.04 Å². The lowest BCUT2D eigenvalue weighted by molar-refractivity contribution is 0.224. The van der Waals surface area contributed by atoms with Crippen LogP contribution in [0.4, 0.5) is 0 Å². The molecule has 1 aromatic rings. The van der Waals surface area contributed by atoms with Crippen molar-refractivity contribution in [2.45, 2.75) is 18.9 Å². The van der Waals surface area contributed by atoms with Gasteiger partial charge in [0.15, 0.2) is 0 Å². The molecule has 0 saturated heterocycles. The lowest BCUT2D eigenvalue weighted by atomic mass is 10.1. The fraction of sp³-hybridized carbons (Fsp3) is 0.333. The lowest BCUT2D eigenvalue weighted by Crippen LogP contribution is -2.25. The third-order valence-electron chi connectivity index (χ3n) is 2.54. The van der Waals surface area contributed by atoms with E-state index in [0.717, 1.165) is 24.4 Å². The maximum absolute atomic E-state index is 6.03. The molecule has 4 heteroatoms. The summed E-state index contributed by atoms with van der Waals surface area (Å²) in [5.74, 6) is 0.881. The first kappa shape index (κ1) is 11.8. The molecule has 86 valence electrons. The maximum Gasteiger partial charge on any atom is 0.109 e. The van der Waals surface area contributed by atoms with Crippen molar-refractivity contribution in [3.63, 3.8) is 0 Å². The second kappa shape index (κ2) is 5.09. The highest BCUT2D eigenvalue weighted by molar-refractivity contribution is 6.42. The smallest absolute Gasteiger partial charge is 0.109 e. The van der Waals surface area contributed by atoms with Crippen molar-refractivity contribution >= 4 is 23.2 Å². The van der Waals surface area contributed by atoms with Gasteiger partial charge in [0.1, 0.15) is 5.76 Å². The highest BCUT2D eigenvalue weighted by Crippen LogP contribution is 2.24. The van der Waals surface area contributed by atoms with Gasteiger partial charge in [-0.3, -0.25) is 0 Å². The van der Waals surface area contributed by atoms with Gasteiger partial charge < -0.3 is 10.5 Å². The van der Waals surface area contributed by atoms with Gasteiger partial charge in [-0.1, -0.05) is 29.3 Å². The van der Waals surface area contributed by atoms with Crippen LogP contribution in [-0.4, -0.2) is 12.6 Å². The number of rotatable bonds is 3. The van der Waals surface area contributed by atoms with E-state index < -0.39 is 0 Å². The molecular weight excluding hydrogens is 245 g/mol. The van der Waals surface area contributed by atoms with E-state index in [9.17, 15) is 0 Å². The van der Waals surface area contributed by atoms with Crippen LogP contribution < -0.4 is 5.73 Å². The molecule has 1 atom stereocenters. The van der Waals surface area contributed by atoms with Crippen molar-refractivity contribution < 1.29 is 4.74 Å². The zero-order valence-electron chi connectivity index (χ0n) is 8.75. The first-order valence-corrected chi connectivity index (χ1v) is 5.95. The summed E-state index contributed by atoms with van der Waals surface area (Å²) in [5, 5.41) is 1.13. The van der Waals surface area contributed by atoms with Crippen molar-refractivity contribution in [1.82, 2.24) is 0 Å². The largest absolute Gasteiger partial charge is 0.496 e. The Hall–Kier alpha value is -0.700. The molecule has 1 aromatic carbocycles. The molecule has 16 heavy (non-hydrogen) atoms. The van der Waals surface area contributed by atoms with Crippen LogP contribution in [0.15, 0.2) is 30.0 Å². The zero-order chi connectivity index (χ0) is 11.5. The van der Waals surface area contributed by atoms with Crippen LogP contribution >= 0.6 is 23.2 Å². The molecule has 1 aliphatic rings. The number of hydrogen-bond acceptors (Lipinski definition) is 2. The van der Waals surface area contributed by atoms with Crippen LogP contribution in [0.5, 0.6) is 0 Å². The number of halogens is 2. The molecule has 2 rings (SSSR count). The van der Waals surface area contributed by atoms with Gasteiger partial charge in [0.25, 0.3) is 0 Å². The standard InChI is InChI=1S/C12H13Cl2NO/c13-9-4-3-8(6-10(9)14)7-11(15)12-2-1-5-16-12/h2-4,6,11H,1,5,7,15H2. The summed E-state index contributed by atoms with van der Waals surface area (Å²) in [6.07, 6.45) is 3.70. The van der Waals surface area contributed by atoms with Gasteiger partial charge in [-0.15, -0.1) is 0 Å². The van der Waals surface area contributed by atoms with E-state index in [0.29, 0.717) is 16.5 Å². The van der Waals surface area contributed by atoms with Crippen LogP contribution in [-0.2, 0) is 11.2 Å². The average molecular weight is 258 g/mol. The van der Waals surface area contributed by atoms with Crippen LogP contribution in [0, 0.1) is 0 Å². The van der Waals surface area contributed by atoms with E-state index in [1.807, 2.05) is 18.2 Å². The van der Waals surface area contributed by atoms with Crippen LogP contribution in [0.2, 0.25) is 10.0 Å². The highest BCUT2D eigenvalue weighted by Gasteiger charge is 2.15. The quantitative estimate of drug-likeness (QED) is 0.903. The molecule has 0 amide bonds. The molecule has 1 heterocycles. The van der Waals surface area contributed by atoms with Crippen molar-refractivity contribution in [3.05, 3.63) is 45.6 Å². The number of nitrogens with two attached hydrogens (primary N) is 1. The SMILES string of the molecule is NC(Cc1ccc(Cl)c(Cl)c1)C1=CCCO1. The molecule has 0 radical (unpaired) electrons. The van der Waals surface area contributed by atoms with E-state index in [4.69, 9.17) is 33.7 Å². The normalized spacial score (nSPS) is 16.8. The average Bonchev–Trinajstić information content (AvgIpc) is 2.77. The summed E-state index contributed by atoms with van der Waals surface area (Å²) in [6.45, 7) is 0.740. The number of benzene rings is 1. The minimum absolute atomic E-state index is 0.0975. The minimum Gasteiger partial charge on any atom is -0.496 e. The van der Waals surface area contributed by atoms with Crippen molar-refractivity contribution in [3.8, 4) is 0 Å². The Morgan fingerprint density at radius 1 is 1.31 bits per heavy atom. The number of hydrogen-bond donors (Lipinski definition) is 1. The van der Waals surface area contributed by atoms with Gasteiger partial charge in [0.05, 0.1) is 22.7 Å². The fourth-order valence-corrected chi connectivity index (χ4v) is 2.04. The summed E-state index contributed by atoms with van der Waals surface area (Å²) < 4.78 is 5.42. The van der Waals surface area contributed by atoms with E-state index >= 15 is 0 Å². The van der Waals surface area contributed by atoms with Crippen LogP contribution in [0.1, 0.15) is 12.0 Å². The molecule has 0 aromatic heterocycles. The summed E-state index contributed by atoms with van der Waals surface area (Å²) in [6, 6.07) is 5.47. The van der Waals surface area contributed by atoms with Gasteiger partial charge in [0.2, 0.25) is 0 Å². The molecule has 0 bridgehead atoms. The van der Waals surface area contributed by atoms with E-state index in [1.165, 1.54) is 0 Å². The second-order valence-corrected chi connectivity index (χ2v) is 4.62. The first-order valence-electron chi connectivity index (χ1n) is 5.19. The first-order chi connectivity index (χ1) is 7.66. The lowest BCUT2D eigenvalue weighted by Gasteiger charge is -2.13. The van der Waals surface area contributed by atoms with E-state index in [1.54, 1.807) is 6.07 Å². The van der Waals surface area contributed by atoms with Gasteiger partial charge in [0, 0.05) is 6.42 Å². The molecule has 0 saturated carbocycles. The third kappa shape index (κ3) is 2.70. The Bertz CT molecular complexity index is 417. The van der Waals surface area contributed by atoms with Crippen LogP contribution in [0.25, 0.3) is 0 Å². The summed E-state index contributed by atoms with van der Waals surface area (Å²) in [4.78, 5) is 0. The summed E-state index contributed by atoms with van der Waals surface area (Å²) in [7, 11) is 0. The Morgan fingerprint density at radius 3 is 2.75 bits per heavy atom. The molecule has 1 unspecified atom stereocenters. The van der Waals surface area contributed by atoms with Gasteiger partial charge >= 0.3 is 0 Å². The molecule has 2 nitrogen and oxygen atoms in total. The Balaban J connectivity index is 2.05. The minimum atomic E-state index is -0.0975. The topological polar surface area (TPSA) is 35.2 Å². The van der Waals surface area contributed by atoms with Crippen molar-refractivity contribution in [1.29, 1.82) is 0 Å². The Labute approximate surface area is 105 Å². The van der Waals surface area contributed by atoms with Crippen molar-refractivity contribution in [2.24, 2.45) is 5.73 Å². The highest BCUT2D eigenvalue weighted by atomic mass is 35.5. The predicted molar refractivity (Wildman–Crippen MR) is 66.8 cm³/mol. The summed E-state index contributed by atoms with van der Waals surface area (Å²) >= 11 is 11.8. The van der Waals surface area contributed by atoms with Crippen LogP contribution in [0.3, 0.4) is 0 Å². The molecule has 2 N–H and O–H groups in total. The van der Waals surface area contributed by atoms with E-state index in [2.05, 4.69) is 0 Å². The zero-order valence-corrected chi connectivity index (χ0v) is 10.3. The Morgan fingerprint density at radius 2 is 2.12 bits per heavy atom. The molecule has 0 spiro atoms. The second-order valence-electron chi connectivity index (χ2n) is 3.80. The van der Waals surface area contributed by atoms with Crippen molar-refractivity contribution in [2.75, 3.05) is 6.61 Å². The third-order valence-corrected chi connectivity index (χ3v) is 3.28. The van der Waals surface area contributed by atoms with Gasteiger partial charge in [-0.05, 0) is 30.2 Å². The number of ether oxygens (including phenoxy) is 1. The maximum atomic E-state index is 6.03. The van der Waals surface area contributed by atoms with Gasteiger partial charge in [-0.2, -0.15) is 0 Å². The Kier molecular flexibility index (Phi) is 3.74.